The number of halogens is 1. The van der Waals surface area contributed by atoms with Gasteiger partial charge in [-0.1, -0.05) is 40.2 Å². The summed E-state index contributed by atoms with van der Waals surface area (Å²) in [5, 5.41) is 0.928. The highest BCUT2D eigenvalue weighted by Gasteiger charge is 2.58. The van der Waals surface area contributed by atoms with Crippen molar-refractivity contribution in [3.8, 4) is 0 Å². The number of aryl methyl sites for hydroxylation is 1. The van der Waals surface area contributed by atoms with Gasteiger partial charge in [0.1, 0.15) is 0 Å². The third-order valence-electron chi connectivity index (χ3n) is 5.70. The molecule has 2 fully saturated rings. The van der Waals surface area contributed by atoms with Crippen LogP contribution in [-0.4, -0.2) is 28.7 Å². The van der Waals surface area contributed by atoms with Crippen molar-refractivity contribution < 1.29 is 4.79 Å². The van der Waals surface area contributed by atoms with Crippen molar-refractivity contribution in [1.29, 1.82) is 0 Å². The summed E-state index contributed by atoms with van der Waals surface area (Å²) in [6, 6.07) is 9.17. The largest absolute Gasteiger partial charge is 0.339 e. The Hall–Kier alpha value is -0.830. The van der Waals surface area contributed by atoms with Crippen LogP contribution in [0.25, 0.3) is 0 Å². The Morgan fingerprint density at radius 2 is 2.10 bits per heavy atom. The highest BCUT2D eigenvalue weighted by atomic mass is 79.9. The zero-order valence-corrected chi connectivity index (χ0v) is 13.9. The number of hydrogen-bond acceptors (Lipinski definition) is 1. The van der Waals surface area contributed by atoms with E-state index in [1.807, 2.05) is 0 Å². The minimum atomic E-state index is 0.272. The maximum atomic E-state index is 13.0. The second-order valence-electron chi connectivity index (χ2n) is 6.79. The van der Waals surface area contributed by atoms with Crippen LogP contribution in [0.1, 0.15) is 42.7 Å². The summed E-state index contributed by atoms with van der Waals surface area (Å²) >= 11 is 3.60. The first-order valence-electron chi connectivity index (χ1n) is 8.25. The van der Waals surface area contributed by atoms with Crippen molar-refractivity contribution in [2.45, 2.75) is 44.1 Å². The monoisotopic (exact) mass is 347 g/mol. The third kappa shape index (κ3) is 2.25. The number of carbonyl (C=O) groups is 1. The average molecular weight is 348 g/mol. The zero-order valence-electron chi connectivity index (χ0n) is 12.3. The molecular weight excluding hydrogens is 326 g/mol. The molecule has 4 rings (SSSR count). The molecular formula is C18H22BrNO. The van der Waals surface area contributed by atoms with Gasteiger partial charge in [-0.2, -0.15) is 0 Å². The number of amides is 1. The van der Waals surface area contributed by atoms with Crippen LogP contribution in [0.5, 0.6) is 0 Å². The van der Waals surface area contributed by atoms with Crippen LogP contribution in [0.2, 0.25) is 0 Å². The molecule has 2 aliphatic carbocycles. The molecule has 3 heteroatoms. The number of rotatable bonds is 2. The van der Waals surface area contributed by atoms with Gasteiger partial charge in [0.25, 0.3) is 0 Å². The lowest BCUT2D eigenvalue weighted by Crippen LogP contribution is -2.45. The fourth-order valence-corrected chi connectivity index (χ4v) is 5.22. The van der Waals surface area contributed by atoms with Crippen LogP contribution < -0.4 is 0 Å². The minimum absolute atomic E-state index is 0.272. The maximum absolute atomic E-state index is 13.0. The van der Waals surface area contributed by atoms with Gasteiger partial charge in [-0.3, -0.25) is 4.79 Å². The van der Waals surface area contributed by atoms with Crippen molar-refractivity contribution in [3.63, 3.8) is 0 Å². The van der Waals surface area contributed by atoms with Gasteiger partial charge in [-0.25, -0.2) is 0 Å². The van der Waals surface area contributed by atoms with Gasteiger partial charge in [-0.15, -0.1) is 0 Å². The summed E-state index contributed by atoms with van der Waals surface area (Å²) in [5.41, 5.74) is 2.93. The number of alkyl halides is 1. The van der Waals surface area contributed by atoms with E-state index < -0.39 is 0 Å². The first-order valence-corrected chi connectivity index (χ1v) is 9.37. The number of carbonyl (C=O) groups excluding carboxylic acids is 1. The van der Waals surface area contributed by atoms with Crippen LogP contribution in [0.4, 0.5) is 0 Å². The highest BCUT2D eigenvalue weighted by molar-refractivity contribution is 9.09. The Morgan fingerprint density at radius 3 is 2.95 bits per heavy atom. The van der Waals surface area contributed by atoms with Crippen LogP contribution in [0.3, 0.4) is 0 Å². The minimum Gasteiger partial charge on any atom is -0.339 e. The first-order chi connectivity index (χ1) is 10.3. The molecule has 1 aromatic rings. The molecule has 1 heterocycles. The summed E-state index contributed by atoms with van der Waals surface area (Å²) in [4.78, 5) is 15.2. The van der Waals surface area contributed by atoms with Crippen LogP contribution in [0.15, 0.2) is 24.3 Å². The topological polar surface area (TPSA) is 20.3 Å². The van der Waals surface area contributed by atoms with E-state index in [-0.39, 0.29) is 5.92 Å². The van der Waals surface area contributed by atoms with E-state index in [1.165, 1.54) is 30.4 Å². The van der Waals surface area contributed by atoms with Crippen molar-refractivity contribution in [1.82, 2.24) is 4.90 Å². The van der Waals surface area contributed by atoms with Gasteiger partial charge in [0, 0.05) is 23.8 Å². The normalized spacial score (nSPS) is 34.0. The van der Waals surface area contributed by atoms with Gasteiger partial charge in [0.15, 0.2) is 0 Å². The number of fused-ring (bicyclic) bond motifs is 3. The lowest BCUT2D eigenvalue weighted by Gasteiger charge is -2.35. The van der Waals surface area contributed by atoms with E-state index in [1.54, 1.807) is 0 Å². The molecule has 3 aliphatic rings. The van der Waals surface area contributed by atoms with Crippen molar-refractivity contribution >= 4 is 21.8 Å². The summed E-state index contributed by atoms with van der Waals surface area (Å²) in [6.45, 7) is 0.965. The van der Waals surface area contributed by atoms with E-state index in [4.69, 9.17) is 0 Å². The summed E-state index contributed by atoms with van der Waals surface area (Å²) in [5.74, 6) is 1.84. The molecule has 4 atom stereocenters. The molecule has 0 radical (unpaired) electrons. The van der Waals surface area contributed by atoms with E-state index >= 15 is 0 Å². The smallest absolute Gasteiger partial charge is 0.226 e. The number of benzene rings is 1. The summed E-state index contributed by atoms with van der Waals surface area (Å²) in [7, 11) is 0. The van der Waals surface area contributed by atoms with E-state index in [9.17, 15) is 4.79 Å². The molecule has 0 spiro atoms. The molecule has 1 saturated heterocycles. The molecule has 112 valence electrons. The van der Waals surface area contributed by atoms with Gasteiger partial charge >= 0.3 is 0 Å². The van der Waals surface area contributed by atoms with Gasteiger partial charge in [0.05, 0.1) is 0 Å². The van der Waals surface area contributed by atoms with Crippen LogP contribution in [-0.2, 0) is 11.2 Å². The SMILES string of the molecule is O=C(C1C2CCc3ccccc3C21)N1CCCCC1CBr. The Balaban J connectivity index is 1.55. The number of nitrogens with zero attached hydrogens (tertiary/aromatic N) is 1. The second-order valence-corrected chi connectivity index (χ2v) is 7.44. The van der Waals surface area contributed by atoms with Gasteiger partial charge in [0.2, 0.25) is 5.91 Å². The predicted octanol–water partition coefficient (Wildman–Crippen LogP) is 3.74. The van der Waals surface area contributed by atoms with Crippen molar-refractivity contribution in [2.75, 3.05) is 11.9 Å². The average Bonchev–Trinajstić information content (AvgIpc) is 3.29. The van der Waals surface area contributed by atoms with Crippen LogP contribution in [0, 0.1) is 11.8 Å². The molecule has 1 amide bonds. The number of likely N-dealkylation sites (tertiary alicyclic amines) is 1. The fourth-order valence-electron chi connectivity index (χ4n) is 4.55. The third-order valence-corrected chi connectivity index (χ3v) is 6.45. The van der Waals surface area contributed by atoms with E-state index in [2.05, 4.69) is 45.1 Å². The number of hydrogen-bond donors (Lipinski definition) is 0. The lowest BCUT2D eigenvalue weighted by molar-refractivity contribution is -0.136. The predicted molar refractivity (Wildman–Crippen MR) is 87.6 cm³/mol. The molecule has 1 aromatic carbocycles. The summed E-state index contributed by atoms with van der Waals surface area (Å²) in [6.07, 6.45) is 5.96. The molecule has 1 aliphatic heterocycles. The van der Waals surface area contributed by atoms with E-state index in [0.29, 0.717) is 23.8 Å². The molecule has 4 unspecified atom stereocenters. The molecule has 0 N–H and O–H groups in total. The highest BCUT2D eigenvalue weighted by Crippen LogP contribution is 2.60. The lowest BCUT2D eigenvalue weighted by atomic mass is 9.92. The maximum Gasteiger partial charge on any atom is 0.226 e. The second kappa shape index (κ2) is 5.42. The molecule has 0 bridgehead atoms. The number of piperidine rings is 1. The Morgan fingerprint density at radius 1 is 1.24 bits per heavy atom. The van der Waals surface area contributed by atoms with Gasteiger partial charge in [-0.05, 0) is 55.1 Å². The zero-order chi connectivity index (χ0) is 14.4. The standard InChI is InChI=1S/C18H22BrNO/c19-11-13-6-3-4-10-20(13)18(21)17-15-9-8-12-5-1-2-7-14(12)16(15)17/h1-2,5,7,13,15-17H,3-4,6,8-11H2. The molecule has 0 aromatic heterocycles. The molecule has 1 saturated carbocycles. The molecule has 2 nitrogen and oxygen atoms in total. The summed E-state index contributed by atoms with van der Waals surface area (Å²) < 4.78 is 0. The fraction of sp³-hybridized carbons (Fsp3) is 0.611. The quantitative estimate of drug-likeness (QED) is 0.746. The van der Waals surface area contributed by atoms with Crippen molar-refractivity contribution in [2.24, 2.45) is 11.8 Å². The Bertz CT molecular complexity index is 558. The molecule has 21 heavy (non-hydrogen) atoms. The Kier molecular flexibility index (Phi) is 3.56. The Labute approximate surface area is 135 Å². The van der Waals surface area contributed by atoms with Crippen LogP contribution >= 0.6 is 15.9 Å². The first kappa shape index (κ1) is 13.8. The van der Waals surface area contributed by atoms with E-state index in [0.717, 1.165) is 24.7 Å². The van der Waals surface area contributed by atoms with Gasteiger partial charge < -0.3 is 4.90 Å². The van der Waals surface area contributed by atoms with Crippen molar-refractivity contribution in [3.05, 3.63) is 35.4 Å².